The topological polar surface area (TPSA) is 62.3 Å². The fourth-order valence-corrected chi connectivity index (χ4v) is 3.66. The van der Waals surface area contributed by atoms with E-state index in [0.717, 1.165) is 62.1 Å². The van der Waals surface area contributed by atoms with E-state index in [9.17, 15) is 0 Å². The Bertz CT molecular complexity index is 928. The van der Waals surface area contributed by atoms with Crippen molar-refractivity contribution in [2.24, 2.45) is 0 Å². The lowest BCUT2D eigenvalue weighted by Crippen LogP contribution is -2.44. The molecule has 0 bridgehead atoms. The summed E-state index contributed by atoms with van der Waals surface area (Å²) in [5, 5.41) is 6.59. The molecular formula is C24H29N5O. The van der Waals surface area contributed by atoms with E-state index in [1.165, 1.54) is 5.56 Å². The molecule has 0 spiro atoms. The lowest BCUT2D eigenvalue weighted by molar-refractivity contribution is 0.195. The lowest BCUT2D eigenvalue weighted by atomic mass is 10.1. The molecule has 2 N–H and O–H groups in total. The van der Waals surface area contributed by atoms with Gasteiger partial charge < -0.3 is 20.3 Å². The molecule has 3 aromatic rings. The van der Waals surface area contributed by atoms with Gasteiger partial charge in [0.05, 0.1) is 5.69 Å². The van der Waals surface area contributed by atoms with Crippen molar-refractivity contribution in [2.45, 2.75) is 12.5 Å². The van der Waals surface area contributed by atoms with Gasteiger partial charge in [-0.25, -0.2) is 9.97 Å². The minimum atomic E-state index is -0.00397. The molecule has 1 saturated heterocycles. The number of aromatic nitrogens is 2. The number of nitrogens with one attached hydrogen (secondary N) is 2. The molecule has 0 radical (unpaired) electrons. The molecule has 1 aliphatic rings. The fourth-order valence-electron chi connectivity index (χ4n) is 3.66. The van der Waals surface area contributed by atoms with Gasteiger partial charge in [0.25, 0.3) is 0 Å². The van der Waals surface area contributed by atoms with Crippen molar-refractivity contribution < 1.29 is 4.74 Å². The van der Waals surface area contributed by atoms with E-state index in [2.05, 4.69) is 56.9 Å². The number of benzene rings is 2. The first kappa shape index (κ1) is 20.3. The smallest absolute Gasteiger partial charge is 0.225 e. The number of hydrogen-bond donors (Lipinski definition) is 2. The first-order chi connectivity index (χ1) is 14.8. The average molecular weight is 404 g/mol. The van der Waals surface area contributed by atoms with E-state index in [1.54, 1.807) is 0 Å². The first-order valence-electron chi connectivity index (χ1n) is 10.6. The lowest BCUT2D eigenvalue weighted by Gasteiger charge is -2.27. The van der Waals surface area contributed by atoms with Crippen LogP contribution in [-0.4, -0.2) is 49.7 Å². The van der Waals surface area contributed by atoms with Crippen LogP contribution in [0.3, 0.4) is 0 Å². The molecular weight excluding hydrogens is 374 g/mol. The normalized spacial score (nSPS) is 15.0. The summed E-state index contributed by atoms with van der Waals surface area (Å²) in [5.74, 6) is 1.64. The second-order valence-electron chi connectivity index (χ2n) is 7.42. The molecule has 6 heteroatoms. The Hall–Kier alpha value is -2.96. The Morgan fingerprint density at radius 3 is 2.70 bits per heavy atom. The summed E-state index contributed by atoms with van der Waals surface area (Å²) in [6, 6.07) is 20.5. The Morgan fingerprint density at radius 1 is 1.07 bits per heavy atom. The van der Waals surface area contributed by atoms with Crippen LogP contribution in [0.5, 0.6) is 5.75 Å². The van der Waals surface area contributed by atoms with Crippen LogP contribution in [0.1, 0.15) is 18.1 Å². The van der Waals surface area contributed by atoms with Gasteiger partial charge in [0.1, 0.15) is 11.9 Å². The number of ether oxygens (including phenoxy) is 1. The quantitative estimate of drug-likeness (QED) is 0.602. The molecule has 2 aromatic carbocycles. The Balaban J connectivity index is 1.54. The first-order valence-corrected chi connectivity index (χ1v) is 10.6. The van der Waals surface area contributed by atoms with Crippen LogP contribution < -0.4 is 20.3 Å². The van der Waals surface area contributed by atoms with Gasteiger partial charge in [0.2, 0.25) is 5.95 Å². The molecule has 30 heavy (non-hydrogen) atoms. The highest BCUT2D eigenvalue weighted by Gasteiger charge is 2.15. The van der Waals surface area contributed by atoms with Crippen molar-refractivity contribution >= 4 is 5.95 Å². The number of rotatable bonds is 8. The molecule has 156 valence electrons. The van der Waals surface area contributed by atoms with E-state index < -0.39 is 0 Å². The number of piperazine rings is 1. The van der Waals surface area contributed by atoms with Gasteiger partial charge >= 0.3 is 0 Å². The van der Waals surface area contributed by atoms with Gasteiger partial charge in [-0.15, -0.1) is 0 Å². The molecule has 1 atom stereocenters. The predicted octanol–water partition coefficient (Wildman–Crippen LogP) is 3.28. The maximum absolute atomic E-state index is 6.41. The van der Waals surface area contributed by atoms with Crippen molar-refractivity contribution in [3.8, 4) is 17.0 Å². The molecule has 6 nitrogen and oxygen atoms in total. The van der Waals surface area contributed by atoms with Crippen LogP contribution in [-0.2, 0) is 0 Å². The van der Waals surface area contributed by atoms with Crippen LogP contribution in [0.15, 0.2) is 66.9 Å². The van der Waals surface area contributed by atoms with Crippen LogP contribution in [0.25, 0.3) is 11.3 Å². The predicted molar refractivity (Wildman–Crippen MR) is 121 cm³/mol. The second kappa shape index (κ2) is 10.2. The van der Waals surface area contributed by atoms with Crippen molar-refractivity contribution in [3.63, 3.8) is 0 Å². The summed E-state index contributed by atoms with van der Waals surface area (Å²) in [5.41, 5.74) is 3.13. The van der Waals surface area contributed by atoms with E-state index in [0.29, 0.717) is 0 Å². The van der Waals surface area contributed by atoms with E-state index in [4.69, 9.17) is 9.72 Å². The molecule has 1 aromatic heterocycles. The maximum atomic E-state index is 6.41. The standard InChI is InChI=1S/C24H29N5O/c1-25-12-11-23(19-6-3-2-4-7-19)30-21-9-5-8-20(18-21)22-10-13-27-24(28-22)29-16-14-26-15-17-29/h2-10,13,18,23,25-26H,11-12,14-17H2,1H3. The van der Waals surface area contributed by atoms with Gasteiger partial charge in [-0.1, -0.05) is 42.5 Å². The third-order valence-corrected chi connectivity index (χ3v) is 5.28. The highest BCUT2D eigenvalue weighted by Crippen LogP contribution is 2.28. The summed E-state index contributed by atoms with van der Waals surface area (Å²) in [6.45, 7) is 4.67. The van der Waals surface area contributed by atoms with Gasteiger partial charge in [0.15, 0.2) is 0 Å². The van der Waals surface area contributed by atoms with Crippen molar-refractivity contribution in [1.82, 2.24) is 20.6 Å². The summed E-state index contributed by atoms with van der Waals surface area (Å²) >= 11 is 0. The molecule has 0 aliphatic carbocycles. The second-order valence-corrected chi connectivity index (χ2v) is 7.42. The van der Waals surface area contributed by atoms with E-state index >= 15 is 0 Å². The summed E-state index contributed by atoms with van der Waals surface area (Å²) < 4.78 is 6.41. The molecule has 0 saturated carbocycles. The van der Waals surface area contributed by atoms with E-state index in [1.807, 2.05) is 37.5 Å². The third-order valence-electron chi connectivity index (χ3n) is 5.28. The number of hydrogen-bond acceptors (Lipinski definition) is 6. The highest BCUT2D eigenvalue weighted by molar-refractivity contribution is 5.62. The zero-order chi connectivity index (χ0) is 20.6. The fraction of sp³-hybridized carbons (Fsp3) is 0.333. The van der Waals surface area contributed by atoms with Gasteiger partial charge in [-0.05, 0) is 37.4 Å². The summed E-state index contributed by atoms with van der Waals surface area (Å²) in [6.07, 6.45) is 2.73. The van der Waals surface area contributed by atoms with Crippen molar-refractivity contribution in [2.75, 3.05) is 44.7 Å². The molecule has 4 rings (SSSR count). The Kier molecular flexibility index (Phi) is 6.90. The van der Waals surface area contributed by atoms with Crippen LogP contribution in [0, 0.1) is 0 Å². The third kappa shape index (κ3) is 5.14. The molecule has 1 unspecified atom stereocenters. The largest absolute Gasteiger partial charge is 0.486 e. The molecule has 1 fully saturated rings. The highest BCUT2D eigenvalue weighted by atomic mass is 16.5. The minimum absolute atomic E-state index is 0.00397. The molecule has 2 heterocycles. The SMILES string of the molecule is CNCCC(Oc1cccc(-c2ccnc(N3CCNCC3)n2)c1)c1ccccc1. The van der Waals surface area contributed by atoms with Gasteiger partial charge in [-0.3, -0.25) is 0 Å². The monoisotopic (exact) mass is 403 g/mol. The maximum Gasteiger partial charge on any atom is 0.225 e. The van der Waals surface area contributed by atoms with Crippen molar-refractivity contribution in [3.05, 3.63) is 72.4 Å². The molecule has 0 amide bonds. The van der Waals surface area contributed by atoms with Gasteiger partial charge in [0, 0.05) is 44.4 Å². The Morgan fingerprint density at radius 2 is 1.90 bits per heavy atom. The zero-order valence-electron chi connectivity index (χ0n) is 17.4. The number of anilines is 1. The zero-order valence-corrected chi connectivity index (χ0v) is 17.4. The molecule has 1 aliphatic heterocycles. The van der Waals surface area contributed by atoms with Crippen LogP contribution >= 0.6 is 0 Å². The Labute approximate surface area is 178 Å². The van der Waals surface area contributed by atoms with Crippen LogP contribution in [0.2, 0.25) is 0 Å². The summed E-state index contributed by atoms with van der Waals surface area (Å²) in [7, 11) is 1.97. The summed E-state index contributed by atoms with van der Waals surface area (Å²) in [4.78, 5) is 11.5. The van der Waals surface area contributed by atoms with Crippen molar-refractivity contribution in [1.29, 1.82) is 0 Å². The van der Waals surface area contributed by atoms with Crippen LogP contribution in [0.4, 0.5) is 5.95 Å². The number of nitrogens with zero attached hydrogens (tertiary/aromatic N) is 3. The van der Waals surface area contributed by atoms with E-state index in [-0.39, 0.29) is 6.10 Å². The average Bonchev–Trinajstić information content (AvgIpc) is 2.83. The minimum Gasteiger partial charge on any atom is -0.486 e. The van der Waals surface area contributed by atoms with Gasteiger partial charge in [-0.2, -0.15) is 0 Å².